The van der Waals surface area contributed by atoms with Gasteiger partial charge < -0.3 is 10.5 Å². The summed E-state index contributed by atoms with van der Waals surface area (Å²) in [7, 11) is -2.69. The Morgan fingerprint density at radius 3 is 2.67 bits per heavy atom. The van der Waals surface area contributed by atoms with Crippen LogP contribution in [0.1, 0.15) is 6.92 Å². The summed E-state index contributed by atoms with van der Waals surface area (Å²) in [6.45, 7) is 1.39. The van der Waals surface area contributed by atoms with Crippen LogP contribution in [0.5, 0.6) is 0 Å². The third-order valence-electron chi connectivity index (χ3n) is 2.15. The van der Waals surface area contributed by atoms with E-state index in [4.69, 9.17) is 5.73 Å². The molecule has 1 atom stereocenters. The minimum atomic E-state index is -3.87. The molecule has 6 nitrogen and oxygen atoms in total. The highest BCUT2D eigenvalue weighted by Gasteiger charge is 2.24. The smallest absolute Gasteiger partial charge is 0.323 e. The zero-order valence-corrected chi connectivity index (χ0v) is 12.2. The lowest BCUT2D eigenvalue weighted by atomic mass is 10.3. The summed E-state index contributed by atoms with van der Waals surface area (Å²) in [4.78, 5) is 11.1. The van der Waals surface area contributed by atoms with Crippen molar-refractivity contribution in [1.82, 2.24) is 4.72 Å². The van der Waals surface area contributed by atoms with Crippen molar-refractivity contribution in [1.29, 1.82) is 0 Å². The SMILES string of the molecule is COC(=O)C(C)NS(=O)(=O)c1cc(Br)ccc1N. The average Bonchev–Trinajstić information content (AvgIpc) is 2.30. The van der Waals surface area contributed by atoms with Crippen LogP contribution in [0.4, 0.5) is 5.69 Å². The fraction of sp³-hybridized carbons (Fsp3) is 0.300. The summed E-state index contributed by atoms with van der Waals surface area (Å²) in [5, 5.41) is 0. The molecule has 0 heterocycles. The van der Waals surface area contributed by atoms with Gasteiger partial charge in [-0.15, -0.1) is 0 Å². The first-order valence-electron chi connectivity index (χ1n) is 4.93. The third kappa shape index (κ3) is 3.44. The molecule has 1 aromatic carbocycles. The number of carbonyl (C=O) groups is 1. The van der Waals surface area contributed by atoms with Crippen molar-refractivity contribution in [3.63, 3.8) is 0 Å². The van der Waals surface area contributed by atoms with Crippen LogP contribution in [0.15, 0.2) is 27.6 Å². The zero-order chi connectivity index (χ0) is 13.9. The number of esters is 1. The van der Waals surface area contributed by atoms with Crippen molar-refractivity contribution >= 4 is 37.6 Å². The molecule has 0 aliphatic carbocycles. The first kappa shape index (κ1) is 14.9. The highest BCUT2D eigenvalue weighted by atomic mass is 79.9. The van der Waals surface area contributed by atoms with Crippen LogP contribution < -0.4 is 10.5 Å². The quantitative estimate of drug-likeness (QED) is 0.628. The molecular formula is C10H13BrN2O4S. The number of methoxy groups -OCH3 is 1. The summed E-state index contributed by atoms with van der Waals surface area (Å²) >= 11 is 3.16. The van der Waals surface area contributed by atoms with Crippen LogP contribution in [0.25, 0.3) is 0 Å². The molecule has 1 rings (SSSR count). The number of anilines is 1. The molecule has 0 saturated heterocycles. The topological polar surface area (TPSA) is 98.5 Å². The van der Waals surface area contributed by atoms with Crippen molar-refractivity contribution in [3.05, 3.63) is 22.7 Å². The van der Waals surface area contributed by atoms with Gasteiger partial charge in [0.25, 0.3) is 0 Å². The number of nitrogens with one attached hydrogen (secondary N) is 1. The Bertz CT molecular complexity index is 559. The van der Waals surface area contributed by atoms with E-state index in [0.717, 1.165) is 0 Å². The van der Waals surface area contributed by atoms with Crippen LogP contribution >= 0.6 is 15.9 Å². The van der Waals surface area contributed by atoms with Gasteiger partial charge in [0.15, 0.2) is 0 Å². The second kappa shape index (κ2) is 5.68. The Kier molecular flexibility index (Phi) is 4.71. The maximum Gasteiger partial charge on any atom is 0.323 e. The van der Waals surface area contributed by atoms with E-state index in [1.165, 1.54) is 26.2 Å². The van der Waals surface area contributed by atoms with Gasteiger partial charge in [-0.2, -0.15) is 4.72 Å². The number of halogens is 1. The highest BCUT2D eigenvalue weighted by Crippen LogP contribution is 2.23. The predicted molar refractivity (Wildman–Crippen MR) is 70.4 cm³/mol. The molecule has 18 heavy (non-hydrogen) atoms. The summed E-state index contributed by atoms with van der Waals surface area (Å²) in [6, 6.07) is 3.46. The van der Waals surface area contributed by atoms with Gasteiger partial charge in [0.05, 0.1) is 12.8 Å². The maximum absolute atomic E-state index is 12.0. The monoisotopic (exact) mass is 336 g/mol. The number of nitrogens with two attached hydrogens (primary N) is 1. The molecule has 0 aliphatic heterocycles. The van der Waals surface area contributed by atoms with E-state index >= 15 is 0 Å². The Morgan fingerprint density at radius 2 is 2.11 bits per heavy atom. The van der Waals surface area contributed by atoms with Gasteiger partial charge >= 0.3 is 5.97 Å². The Morgan fingerprint density at radius 1 is 1.50 bits per heavy atom. The summed E-state index contributed by atoms with van der Waals surface area (Å²) in [6.07, 6.45) is 0. The van der Waals surface area contributed by atoms with Crippen LogP contribution in [0, 0.1) is 0 Å². The molecule has 0 aromatic heterocycles. The van der Waals surface area contributed by atoms with Gasteiger partial charge in [-0.25, -0.2) is 8.42 Å². The number of hydrogen-bond acceptors (Lipinski definition) is 5. The Hall–Kier alpha value is -1.12. The second-order valence-electron chi connectivity index (χ2n) is 3.55. The molecule has 0 fully saturated rings. The van der Waals surface area contributed by atoms with Crippen molar-refractivity contribution < 1.29 is 17.9 Å². The largest absolute Gasteiger partial charge is 0.468 e. The first-order valence-corrected chi connectivity index (χ1v) is 7.20. The van der Waals surface area contributed by atoms with E-state index in [0.29, 0.717) is 4.47 Å². The number of benzene rings is 1. The van der Waals surface area contributed by atoms with E-state index < -0.39 is 22.0 Å². The minimum absolute atomic E-state index is 0.0902. The number of carbonyl (C=O) groups excluding carboxylic acids is 1. The van der Waals surface area contributed by atoms with Crippen LogP contribution in [-0.2, 0) is 19.6 Å². The zero-order valence-electron chi connectivity index (χ0n) is 9.81. The number of nitrogen functional groups attached to an aromatic ring is 1. The lowest BCUT2D eigenvalue weighted by Crippen LogP contribution is -2.39. The molecule has 100 valence electrons. The number of rotatable bonds is 4. The van der Waals surface area contributed by atoms with E-state index in [2.05, 4.69) is 25.4 Å². The number of hydrogen-bond donors (Lipinski definition) is 2. The molecule has 0 bridgehead atoms. The Labute approximate surface area is 114 Å². The second-order valence-corrected chi connectivity index (χ2v) is 6.15. The fourth-order valence-corrected chi connectivity index (χ4v) is 3.12. The normalized spacial score (nSPS) is 13.1. The molecule has 0 radical (unpaired) electrons. The van der Waals surface area contributed by atoms with Crippen molar-refractivity contribution in [2.75, 3.05) is 12.8 Å². The molecule has 0 spiro atoms. The van der Waals surface area contributed by atoms with E-state index in [1.54, 1.807) is 6.07 Å². The lowest BCUT2D eigenvalue weighted by Gasteiger charge is -2.13. The molecule has 8 heteroatoms. The van der Waals surface area contributed by atoms with Crippen molar-refractivity contribution in [3.8, 4) is 0 Å². The number of sulfonamides is 1. The van der Waals surface area contributed by atoms with Gasteiger partial charge in [0.2, 0.25) is 10.0 Å². The van der Waals surface area contributed by atoms with Crippen LogP contribution in [0.3, 0.4) is 0 Å². The van der Waals surface area contributed by atoms with Crippen LogP contribution in [0.2, 0.25) is 0 Å². The summed E-state index contributed by atoms with van der Waals surface area (Å²) in [5.41, 5.74) is 5.70. The molecule has 0 amide bonds. The molecule has 1 unspecified atom stereocenters. The van der Waals surface area contributed by atoms with Gasteiger partial charge in [-0.05, 0) is 25.1 Å². The molecule has 3 N–H and O–H groups in total. The average molecular weight is 337 g/mol. The maximum atomic E-state index is 12.0. The first-order chi connectivity index (χ1) is 8.27. The van der Waals surface area contributed by atoms with Gasteiger partial charge in [0, 0.05) is 4.47 Å². The highest BCUT2D eigenvalue weighted by molar-refractivity contribution is 9.10. The van der Waals surface area contributed by atoms with Gasteiger partial charge in [0.1, 0.15) is 10.9 Å². The van der Waals surface area contributed by atoms with E-state index in [-0.39, 0.29) is 10.6 Å². The lowest BCUT2D eigenvalue weighted by molar-refractivity contribution is -0.142. The van der Waals surface area contributed by atoms with E-state index in [9.17, 15) is 13.2 Å². The fourth-order valence-electron chi connectivity index (χ4n) is 1.26. The van der Waals surface area contributed by atoms with Crippen molar-refractivity contribution in [2.45, 2.75) is 17.9 Å². The third-order valence-corrected chi connectivity index (χ3v) is 4.24. The molecule has 0 aliphatic rings. The minimum Gasteiger partial charge on any atom is -0.468 e. The van der Waals surface area contributed by atoms with E-state index in [1.807, 2.05) is 0 Å². The molecular weight excluding hydrogens is 324 g/mol. The van der Waals surface area contributed by atoms with Gasteiger partial charge in [-0.1, -0.05) is 15.9 Å². The predicted octanol–water partition coefficient (Wildman–Crippen LogP) is 0.871. The summed E-state index contributed by atoms with van der Waals surface area (Å²) < 4.78 is 31.2. The molecule has 0 saturated carbocycles. The molecule has 1 aromatic rings. The Balaban J connectivity index is 3.07. The standard InChI is InChI=1S/C10H13BrN2O4S/c1-6(10(14)17-2)13-18(15,16)9-5-7(11)3-4-8(9)12/h3-6,13H,12H2,1-2H3. The van der Waals surface area contributed by atoms with Crippen molar-refractivity contribution in [2.24, 2.45) is 0 Å². The van der Waals surface area contributed by atoms with Gasteiger partial charge in [-0.3, -0.25) is 4.79 Å². The van der Waals surface area contributed by atoms with Crippen LogP contribution in [-0.4, -0.2) is 27.5 Å². The number of ether oxygens (including phenoxy) is 1. The summed E-state index contributed by atoms with van der Waals surface area (Å²) in [5.74, 6) is -0.674.